The van der Waals surface area contributed by atoms with Crippen LogP contribution in [0.5, 0.6) is 11.8 Å². The first-order valence-electron chi connectivity index (χ1n) is 16.0. The normalized spacial score (nSPS) is 19.2. The van der Waals surface area contributed by atoms with Crippen LogP contribution in [0, 0.1) is 5.92 Å². The molecule has 2 saturated heterocycles. The zero-order chi connectivity index (χ0) is 31.9. The van der Waals surface area contributed by atoms with Crippen molar-refractivity contribution in [1.29, 1.82) is 0 Å². The molecule has 0 spiro atoms. The minimum atomic E-state index is -0.286. The number of rotatable bonds is 8. The van der Waals surface area contributed by atoms with Crippen molar-refractivity contribution < 1.29 is 14.6 Å². The molecule has 1 unspecified atom stereocenters. The van der Waals surface area contributed by atoms with Crippen molar-refractivity contribution in [2.75, 3.05) is 40.4 Å². The summed E-state index contributed by atoms with van der Waals surface area (Å²) >= 11 is 14.3. The minimum absolute atomic E-state index is 0.286. The van der Waals surface area contributed by atoms with Gasteiger partial charge in [0.05, 0.1) is 48.0 Å². The molecule has 1 atom stereocenters. The number of ether oxygens (including phenoxy) is 2. The van der Waals surface area contributed by atoms with Gasteiger partial charge in [0.2, 0.25) is 11.8 Å². The molecule has 2 fully saturated rings. The number of likely N-dealkylation sites (tertiary alicyclic amines) is 2. The maximum Gasteiger partial charge on any atom is 0.237 e. The van der Waals surface area contributed by atoms with Gasteiger partial charge in [-0.2, -0.15) is 0 Å². The topological polar surface area (TPSA) is 83.8 Å². The number of aliphatic hydroxyl groups is 1. The minimum Gasteiger partial charge on any atom is -0.481 e. The number of hydrogen-bond acceptors (Lipinski definition) is 8. The van der Waals surface area contributed by atoms with Crippen LogP contribution in [0.3, 0.4) is 0 Å². The van der Waals surface area contributed by atoms with Gasteiger partial charge in [-0.3, -0.25) is 14.8 Å². The zero-order valence-corrected chi connectivity index (χ0v) is 28.0. The smallest absolute Gasteiger partial charge is 0.237 e. The van der Waals surface area contributed by atoms with Gasteiger partial charge in [-0.05, 0) is 56.3 Å². The number of β-amino-alcohol motifs (C(OH)–C–C–N with tert-alkyl or cyclic N) is 1. The molecule has 0 amide bonds. The number of aliphatic hydroxyl groups excluding tert-OH is 1. The molecular formula is C36H39Cl2N5O3. The highest BCUT2D eigenvalue weighted by Gasteiger charge is 2.34. The van der Waals surface area contributed by atoms with Crippen LogP contribution in [-0.2, 0) is 13.0 Å². The number of piperidine rings is 1. The second-order valence-electron chi connectivity index (χ2n) is 12.8. The highest BCUT2D eigenvalue weighted by Crippen LogP contribution is 2.46. The van der Waals surface area contributed by atoms with Gasteiger partial charge in [-0.15, -0.1) is 0 Å². The third-order valence-corrected chi connectivity index (χ3v) is 10.6. The lowest BCUT2D eigenvalue weighted by Gasteiger charge is -2.35. The summed E-state index contributed by atoms with van der Waals surface area (Å²) in [5, 5.41) is 10.7. The number of fused-ring (bicyclic) bond motifs is 1. The average Bonchev–Trinajstić information content (AvgIpc) is 3.49. The summed E-state index contributed by atoms with van der Waals surface area (Å²) in [4.78, 5) is 19.1. The van der Waals surface area contributed by atoms with E-state index in [-0.39, 0.29) is 6.10 Å². The first-order chi connectivity index (χ1) is 22.3. The van der Waals surface area contributed by atoms with E-state index in [1.165, 1.54) is 24.0 Å². The first-order valence-corrected chi connectivity index (χ1v) is 16.8. The number of methoxy groups -OCH3 is 2. The lowest BCUT2D eigenvalue weighted by atomic mass is 9.96. The fourth-order valence-electron chi connectivity index (χ4n) is 7.14. The third kappa shape index (κ3) is 5.86. The van der Waals surface area contributed by atoms with Crippen molar-refractivity contribution in [3.05, 3.63) is 75.5 Å². The van der Waals surface area contributed by atoms with Crippen LogP contribution in [0.15, 0.2) is 48.7 Å². The lowest BCUT2D eigenvalue weighted by Crippen LogP contribution is -2.50. The quantitative estimate of drug-likeness (QED) is 0.215. The Morgan fingerprint density at radius 2 is 1.46 bits per heavy atom. The monoisotopic (exact) mass is 659 g/mol. The molecule has 1 aliphatic carbocycles. The van der Waals surface area contributed by atoms with Crippen molar-refractivity contribution in [2.45, 2.75) is 51.3 Å². The van der Waals surface area contributed by atoms with Gasteiger partial charge in [0.1, 0.15) is 5.69 Å². The Hall–Kier alpha value is -3.27. The second-order valence-corrected chi connectivity index (χ2v) is 13.5. The van der Waals surface area contributed by atoms with Gasteiger partial charge in [-0.1, -0.05) is 66.5 Å². The van der Waals surface area contributed by atoms with E-state index in [1.807, 2.05) is 36.4 Å². The van der Waals surface area contributed by atoms with Crippen molar-refractivity contribution in [1.82, 2.24) is 24.8 Å². The number of pyridine rings is 1. The molecule has 4 aromatic rings. The summed E-state index contributed by atoms with van der Waals surface area (Å²) in [6, 6.07) is 14.3. The van der Waals surface area contributed by atoms with Gasteiger partial charge < -0.3 is 14.6 Å². The van der Waals surface area contributed by atoms with Crippen molar-refractivity contribution in [3.63, 3.8) is 0 Å². The van der Waals surface area contributed by atoms with E-state index in [0.717, 1.165) is 65.5 Å². The van der Waals surface area contributed by atoms with Crippen molar-refractivity contribution in [2.24, 2.45) is 5.92 Å². The van der Waals surface area contributed by atoms with Crippen LogP contribution in [0.25, 0.3) is 33.6 Å². The first kappa shape index (κ1) is 31.3. The van der Waals surface area contributed by atoms with E-state index in [0.29, 0.717) is 53.2 Å². The number of halogens is 2. The fraction of sp³-hybridized carbons (Fsp3) is 0.417. The molecule has 240 valence electrons. The third-order valence-electron chi connectivity index (χ3n) is 9.74. The number of benzene rings is 2. The molecule has 2 aromatic carbocycles. The van der Waals surface area contributed by atoms with Crippen LogP contribution in [0.1, 0.15) is 49.0 Å². The molecule has 0 radical (unpaired) electrons. The maximum atomic E-state index is 9.65. The molecular weight excluding hydrogens is 621 g/mol. The van der Waals surface area contributed by atoms with E-state index in [4.69, 9.17) is 42.6 Å². The van der Waals surface area contributed by atoms with E-state index in [9.17, 15) is 5.11 Å². The van der Waals surface area contributed by atoms with E-state index >= 15 is 0 Å². The Balaban J connectivity index is 1.20. The molecule has 0 bridgehead atoms. The van der Waals surface area contributed by atoms with Crippen LogP contribution in [0.2, 0.25) is 10.0 Å². The Labute approximate surface area is 280 Å². The Morgan fingerprint density at radius 3 is 2.09 bits per heavy atom. The van der Waals surface area contributed by atoms with Gasteiger partial charge in [0.25, 0.3) is 0 Å². The molecule has 10 heteroatoms. The Kier molecular flexibility index (Phi) is 8.92. The molecule has 7 rings (SSSR count). The van der Waals surface area contributed by atoms with E-state index in [2.05, 4.69) is 27.8 Å². The maximum absolute atomic E-state index is 9.65. The largest absolute Gasteiger partial charge is 0.481 e. The van der Waals surface area contributed by atoms with Crippen LogP contribution in [-0.4, -0.2) is 76.4 Å². The molecule has 2 aliphatic heterocycles. The lowest BCUT2D eigenvalue weighted by molar-refractivity contribution is -0.00402. The molecule has 0 saturated carbocycles. The highest BCUT2D eigenvalue weighted by atomic mass is 35.5. The van der Waals surface area contributed by atoms with Gasteiger partial charge in [-0.25, -0.2) is 9.97 Å². The summed E-state index contributed by atoms with van der Waals surface area (Å²) in [6.07, 6.45) is 5.98. The number of nitrogens with zero attached hydrogens (tertiary/aromatic N) is 5. The Morgan fingerprint density at radius 1 is 0.848 bits per heavy atom. The average molecular weight is 661 g/mol. The summed E-state index contributed by atoms with van der Waals surface area (Å²) < 4.78 is 11.5. The molecule has 2 aromatic heterocycles. The number of hydrogen-bond donors (Lipinski definition) is 1. The van der Waals surface area contributed by atoms with Crippen molar-refractivity contribution in [3.8, 4) is 45.4 Å². The Bertz CT molecular complexity index is 1750. The standard InChI is InChI=1S/C36H39Cl2N5O3/c1-21-12-14-43(15-13-21)31-11-10-22-16-28(40-36(46-3)32(22)31)26-8-4-6-24(33(26)37)25-7-5-9-27(34(25)38)29-17-39-30(35(41-29)45-2)20-42-18-23(44)19-42/h4-9,16-17,21,23,31,44H,10-15,18-20H2,1-3H3. The predicted molar refractivity (Wildman–Crippen MR) is 182 cm³/mol. The molecule has 3 aliphatic rings. The fourth-order valence-corrected chi connectivity index (χ4v) is 7.79. The molecule has 46 heavy (non-hydrogen) atoms. The highest BCUT2D eigenvalue weighted by molar-refractivity contribution is 6.39. The van der Waals surface area contributed by atoms with E-state index < -0.39 is 0 Å². The predicted octanol–water partition coefficient (Wildman–Crippen LogP) is 7.09. The zero-order valence-electron chi connectivity index (χ0n) is 26.5. The second kappa shape index (κ2) is 13.1. The summed E-state index contributed by atoms with van der Waals surface area (Å²) in [5.74, 6) is 1.92. The van der Waals surface area contributed by atoms with Crippen molar-refractivity contribution >= 4 is 23.2 Å². The van der Waals surface area contributed by atoms with E-state index in [1.54, 1.807) is 20.4 Å². The SMILES string of the molecule is COc1nc(-c2cccc(-c3cccc(-c4cc5c(c(OC)n4)C(N4CCC(C)CC4)CC5)c3Cl)c2Cl)cnc1CN1CC(O)C1. The molecule has 1 N–H and O–H groups in total. The van der Waals surface area contributed by atoms with Gasteiger partial charge >= 0.3 is 0 Å². The van der Waals surface area contributed by atoms with Crippen LogP contribution < -0.4 is 9.47 Å². The van der Waals surface area contributed by atoms with Crippen LogP contribution >= 0.6 is 23.2 Å². The summed E-state index contributed by atoms with van der Waals surface area (Å²) in [5.41, 5.74) is 7.79. The number of aromatic nitrogens is 3. The van der Waals surface area contributed by atoms with Gasteiger partial charge in [0.15, 0.2) is 0 Å². The van der Waals surface area contributed by atoms with Crippen LogP contribution in [0.4, 0.5) is 0 Å². The number of aryl methyl sites for hydroxylation is 1. The molecule has 4 heterocycles. The van der Waals surface area contributed by atoms with Gasteiger partial charge in [0, 0.05) is 53.5 Å². The summed E-state index contributed by atoms with van der Waals surface area (Å²) in [6.45, 7) is 6.38. The molecule has 8 nitrogen and oxygen atoms in total. The summed E-state index contributed by atoms with van der Waals surface area (Å²) in [7, 11) is 3.30.